The van der Waals surface area contributed by atoms with Crippen LogP contribution in [0.1, 0.15) is 0 Å². The van der Waals surface area contributed by atoms with Crippen LogP contribution in [0.4, 0.5) is 10.6 Å². The highest BCUT2D eigenvalue weighted by atomic mass is 35.5. The highest BCUT2D eigenvalue weighted by Crippen LogP contribution is 2.25. The van der Waals surface area contributed by atoms with E-state index in [0.29, 0.717) is 5.75 Å². The third-order valence-electron chi connectivity index (χ3n) is 1.98. The van der Waals surface area contributed by atoms with Crippen molar-refractivity contribution in [1.29, 1.82) is 0 Å². The van der Waals surface area contributed by atoms with Gasteiger partial charge in [-0.3, -0.25) is 9.59 Å². The van der Waals surface area contributed by atoms with Crippen molar-refractivity contribution >= 4 is 51.9 Å². The standard InChI is InChI=1S/C8H6Cl2N4O2S/c9-4-5(10)11-2-12-6(4)14-7(15)3-1-17-8(16)13-3/h2-3H,1H2,(H,13,16)(H,11,12,14,15). The molecule has 2 amide bonds. The van der Waals surface area contributed by atoms with E-state index >= 15 is 0 Å². The molecule has 1 aromatic heterocycles. The number of hydrogen-bond donors (Lipinski definition) is 2. The average molecular weight is 293 g/mol. The predicted octanol–water partition coefficient (Wildman–Crippen LogP) is 1.55. The number of carbonyl (C=O) groups is 2. The second-order valence-electron chi connectivity index (χ2n) is 3.11. The summed E-state index contributed by atoms with van der Waals surface area (Å²) >= 11 is 12.5. The van der Waals surface area contributed by atoms with Crippen LogP contribution in [-0.2, 0) is 4.79 Å². The third kappa shape index (κ3) is 2.80. The minimum atomic E-state index is -0.586. The lowest BCUT2D eigenvalue weighted by Crippen LogP contribution is -2.38. The van der Waals surface area contributed by atoms with E-state index in [-0.39, 0.29) is 27.1 Å². The number of carbonyl (C=O) groups excluding carboxylic acids is 2. The van der Waals surface area contributed by atoms with E-state index in [1.807, 2.05) is 0 Å². The average Bonchev–Trinajstić information content (AvgIpc) is 2.72. The summed E-state index contributed by atoms with van der Waals surface area (Å²) in [7, 11) is 0. The van der Waals surface area contributed by atoms with E-state index in [0.717, 1.165) is 11.8 Å². The van der Waals surface area contributed by atoms with E-state index in [9.17, 15) is 9.59 Å². The molecule has 0 saturated carbocycles. The highest BCUT2D eigenvalue weighted by molar-refractivity contribution is 8.14. The molecule has 1 atom stereocenters. The van der Waals surface area contributed by atoms with Gasteiger partial charge in [-0.2, -0.15) is 0 Å². The zero-order valence-electron chi connectivity index (χ0n) is 8.24. The maximum absolute atomic E-state index is 11.7. The van der Waals surface area contributed by atoms with Crippen molar-refractivity contribution in [3.8, 4) is 0 Å². The fourth-order valence-corrected chi connectivity index (χ4v) is 2.22. The van der Waals surface area contributed by atoms with Gasteiger partial charge in [-0.1, -0.05) is 35.0 Å². The Morgan fingerprint density at radius 3 is 2.94 bits per heavy atom. The second-order valence-corrected chi connectivity index (χ2v) is 4.84. The normalized spacial score (nSPS) is 18.9. The lowest BCUT2D eigenvalue weighted by molar-refractivity contribution is -0.117. The molecule has 17 heavy (non-hydrogen) atoms. The number of halogens is 2. The van der Waals surface area contributed by atoms with Crippen molar-refractivity contribution in [2.45, 2.75) is 6.04 Å². The molecule has 0 spiro atoms. The molecule has 0 bridgehead atoms. The second kappa shape index (κ2) is 5.07. The molecular weight excluding hydrogens is 287 g/mol. The van der Waals surface area contributed by atoms with Crippen LogP contribution >= 0.6 is 35.0 Å². The van der Waals surface area contributed by atoms with Gasteiger partial charge in [0, 0.05) is 5.75 Å². The van der Waals surface area contributed by atoms with Crippen molar-refractivity contribution in [3.05, 3.63) is 16.5 Å². The van der Waals surface area contributed by atoms with Gasteiger partial charge in [0.25, 0.3) is 5.24 Å². The highest BCUT2D eigenvalue weighted by Gasteiger charge is 2.28. The molecule has 1 aliphatic heterocycles. The lowest BCUT2D eigenvalue weighted by atomic mass is 10.3. The summed E-state index contributed by atoms with van der Waals surface area (Å²) in [6.07, 6.45) is 1.19. The molecule has 0 aromatic carbocycles. The summed E-state index contributed by atoms with van der Waals surface area (Å²) in [5.74, 6) is 0.115. The lowest BCUT2D eigenvalue weighted by Gasteiger charge is -2.10. The Balaban J connectivity index is 2.08. The summed E-state index contributed by atoms with van der Waals surface area (Å²) in [6, 6.07) is -0.586. The molecule has 1 unspecified atom stereocenters. The van der Waals surface area contributed by atoms with Gasteiger partial charge < -0.3 is 10.6 Å². The van der Waals surface area contributed by atoms with Crippen molar-refractivity contribution in [2.75, 3.05) is 11.1 Å². The van der Waals surface area contributed by atoms with E-state index in [4.69, 9.17) is 23.2 Å². The van der Waals surface area contributed by atoms with Crippen LogP contribution < -0.4 is 10.6 Å². The Labute approximate surface area is 110 Å². The molecule has 1 aromatic rings. The number of rotatable bonds is 2. The summed E-state index contributed by atoms with van der Waals surface area (Å²) < 4.78 is 0. The zero-order valence-corrected chi connectivity index (χ0v) is 10.6. The van der Waals surface area contributed by atoms with Crippen molar-refractivity contribution < 1.29 is 9.59 Å². The van der Waals surface area contributed by atoms with Crippen molar-refractivity contribution in [2.24, 2.45) is 0 Å². The quantitative estimate of drug-likeness (QED) is 0.808. The van der Waals surface area contributed by atoms with Crippen molar-refractivity contribution in [3.63, 3.8) is 0 Å². The van der Waals surface area contributed by atoms with Gasteiger partial charge in [0.2, 0.25) is 5.91 Å². The van der Waals surface area contributed by atoms with Crippen LogP contribution in [-0.4, -0.2) is 32.9 Å². The Bertz CT molecular complexity index is 485. The van der Waals surface area contributed by atoms with Crippen LogP contribution in [0, 0.1) is 0 Å². The number of thioether (sulfide) groups is 1. The first-order valence-corrected chi connectivity index (χ1v) is 6.22. The van der Waals surface area contributed by atoms with E-state index in [1.54, 1.807) is 0 Å². The number of anilines is 1. The van der Waals surface area contributed by atoms with Gasteiger partial charge in [0.15, 0.2) is 11.0 Å². The number of aromatic nitrogens is 2. The SMILES string of the molecule is O=C1NC(C(=O)Nc2ncnc(Cl)c2Cl)CS1. The zero-order chi connectivity index (χ0) is 12.4. The molecule has 1 saturated heterocycles. The number of hydrogen-bond acceptors (Lipinski definition) is 5. The summed E-state index contributed by atoms with van der Waals surface area (Å²) in [5.41, 5.74) is 0. The first-order valence-electron chi connectivity index (χ1n) is 4.48. The molecule has 2 N–H and O–H groups in total. The molecule has 1 aliphatic rings. The minimum absolute atomic E-state index is 0.0572. The first kappa shape index (κ1) is 12.4. The third-order valence-corrected chi connectivity index (χ3v) is 3.60. The Hall–Kier alpha value is -1.05. The molecule has 0 aliphatic carbocycles. The molecule has 6 nitrogen and oxygen atoms in total. The number of nitrogens with one attached hydrogen (secondary N) is 2. The Morgan fingerprint density at radius 1 is 1.53 bits per heavy atom. The number of amides is 2. The maximum atomic E-state index is 11.7. The first-order chi connectivity index (χ1) is 8.08. The molecule has 2 heterocycles. The summed E-state index contributed by atoms with van der Waals surface area (Å²) in [6.45, 7) is 0. The van der Waals surface area contributed by atoms with E-state index < -0.39 is 6.04 Å². The smallest absolute Gasteiger partial charge is 0.279 e. The van der Waals surface area contributed by atoms with Gasteiger partial charge in [-0.25, -0.2) is 9.97 Å². The predicted molar refractivity (Wildman–Crippen MR) is 65.5 cm³/mol. The summed E-state index contributed by atoms with van der Waals surface area (Å²) in [5, 5.41) is 4.88. The van der Waals surface area contributed by atoms with Gasteiger partial charge in [0.1, 0.15) is 17.4 Å². The fourth-order valence-electron chi connectivity index (χ4n) is 1.17. The van der Waals surface area contributed by atoms with Crippen LogP contribution in [0.2, 0.25) is 10.2 Å². The summed E-state index contributed by atoms with van der Waals surface area (Å²) in [4.78, 5) is 30.1. The molecule has 9 heteroatoms. The van der Waals surface area contributed by atoms with Crippen LogP contribution in [0.3, 0.4) is 0 Å². The molecular formula is C8H6Cl2N4O2S. The monoisotopic (exact) mass is 292 g/mol. The van der Waals surface area contributed by atoms with Crippen LogP contribution in [0.15, 0.2) is 6.33 Å². The molecule has 0 radical (unpaired) electrons. The van der Waals surface area contributed by atoms with E-state index in [1.165, 1.54) is 6.33 Å². The Morgan fingerprint density at radius 2 is 2.29 bits per heavy atom. The van der Waals surface area contributed by atoms with Gasteiger partial charge >= 0.3 is 0 Å². The van der Waals surface area contributed by atoms with Gasteiger partial charge in [-0.05, 0) is 0 Å². The molecule has 2 rings (SSSR count). The largest absolute Gasteiger partial charge is 0.334 e. The van der Waals surface area contributed by atoms with Gasteiger partial charge in [0.05, 0.1) is 0 Å². The van der Waals surface area contributed by atoms with Crippen LogP contribution in [0.25, 0.3) is 0 Å². The Kier molecular flexibility index (Phi) is 3.70. The minimum Gasteiger partial charge on any atom is -0.334 e. The van der Waals surface area contributed by atoms with E-state index in [2.05, 4.69) is 20.6 Å². The topological polar surface area (TPSA) is 84.0 Å². The number of nitrogens with zero attached hydrogens (tertiary/aromatic N) is 2. The van der Waals surface area contributed by atoms with Crippen molar-refractivity contribution in [1.82, 2.24) is 15.3 Å². The molecule has 1 fully saturated rings. The fraction of sp³-hybridized carbons (Fsp3) is 0.250. The maximum Gasteiger partial charge on any atom is 0.279 e. The van der Waals surface area contributed by atoms with Crippen LogP contribution in [0.5, 0.6) is 0 Å². The van der Waals surface area contributed by atoms with Gasteiger partial charge in [-0.15, -0.1) is 0 Å². The molecule has 90 valence electrons.